The van der Waals surface area contributed by atoms with E-state index in [2.05, 4.69) is 23.8 Å². The standard InChI is InChI=1S/C23H34F2O3/c1-2-3-4-5-6-7-16-27-21-14-12-19(13-15-21)18-8-10-20(11-9-18)23(26)28-17-22(24)25/h12-15,18,20,22H,2-11,16-17H2,1H3. The average molecular weight is 397 g/mol. The highest BCUT2D eigenvalue weighted by molar-refractivity contribution is 5.72. The monoisotopic (exact) mass is 396 g/mol. The molecule has 2 rings (SSSR count). The molecule has 5 heteroatoms. The van der Waals surface area contributed by atoms with Gasteiger partial charge < -0.3 is 9.47 Å². The molecule has 158 valence electrons. The van der Waals surface area contributed by atoms with Crippen molar-refractivity contribution in [2.75, 3.05) is 13.2 Å². The molecule has 0 saturated heterocycles. The molecule has 0 radical (unpaired) electrons. The molecule has 1 aliphatic carbocycles. The SMILES string of the molecule is CCCCCCCCOc1ccc(C2CCC(C(=O)OCC(F)F)CC2)cc1. The van der Waals surface area contributed by atoms with E-state index in [0.29, 0.717) is 18.8 Å². The van der Waals surface area contributed by atoms with Crippen molar-refractivity contribution in [2.45, 2.75) is 83.5 Å². The van der Waals surface area contributed by atoms with Crippen LogP contribution < -0.4 is 4.74 Å². The Hall–Kier alpha value is -1.65. The van der Waals surface area contributed by atoms with Crippen LogP contribution in [0.25, 0.3) is 0 Å². The molecule has 0 amide bonds. The quantitative estimate of drug-likeness (QED) is 0.298. The lowest BCUT2D eigenvalue weighted by Gasteiger charge is -2.27. The Balaban J connectivity index is 1.66. The Morgan fingerprint density at radius 1 is 1.00 bits per heavy atom. The molecule has 0 heterocycles. The molecule has 1 aromatic rings. The fourth-order valence-electron chi connectivity index (χ4n) is 3.83. The normalized spacial score (nSPS) is 19.6. The first kappa shape index (κ1) is 22.6. The van der Waals surface area contributed by atoms with E-state index < -0.39 is 19.0 Å². The molecule has 1 aromatic carbocycles. The highest BCUT2D eigenvalue weighted by atomic mass is 19.3. The maximum absolute atomic E-state index is 12.2. The predicted molar refractivity (Wildman–Crippen MR) is 107 cm³/mol. The molecule has 1 fully saturated rings. The molecule has 1 saturated carbocycles. The van der Waals surface area contributed by atoms with Crippen LogP contribution in [0.5, 0.6) is 5.75 Å². The van der Waals surface area contributed by atoms with Crippen LogP contribution in [0, 0.1) is 5.92 Å². The highest BCUT2D eigenvalue weighted by Crippen LogP contribution is 2.36. The van der Waals surface area contributed by atoms with E-state index in [1.54, 1.807) is 0 Å². The van der Waals surface area contributed by atoms with Crippen molar-refractivity contribution in [1.29, 1.82) is 0 Å². The van der Waals surface area contributed by atoms with E-state index in [1.165, 1.54) is 37.7 Å². The first-order chi connectivity index (χ1) is 13.6. The molecule has 1 aliphatic rings. The lowest BCUT2D eigenvalue weighted by molar-refractivity contribution is -0.153. The largest absolute Gasteiger partial charge is 0.494 e. The van der Waals surface area contributed by atoms with Gasteiger partial charge >= 0.3 is 5.97 Å². The molecule has 0 aromatic heterocycles. The zero-order valence-electron chi connectivity index (χ0n) is 17.0. The van der Waals surface area contributed by atoms with Gasteiger partial charge in [0.1, 0.15) is 5.75 Å². The van der Waals surface area contributed by atoms with E-state index >= 15 is 0 Å². The van der Waals surface area contributed by atoms with Gasteiger partial charge in [-0.2, -0.15) is 0 Å². The average Bonchev–Trinajstić information content (AvgIpc) is 2.72. The van der Waals surface area contributed by atoms with Crippen molar-refractivity contribution in [3.63, 3.8) is 0 Å². The van der Waals surface area contributed by atoms with Gasteiger partial charge in [-0.25, -0.2) is 8.78 Å². The third-order valence-electron chi connectivity index (χ3n) is 5.53. The van der Waals surface area contributed by atoms with Crippen molar-refractivity contribution in [3.8, 4) is 5.75 Å². The number of alkyl halides is 2. The van der Waals surface area contributed by atoms with Crippen molar-refractivity contribution in [2.24, 2.45) is 5.92 Å². The lowest BCUT2D eigenvalue weighted by Crippen LogP contribution is -2.24. The van der Waals surface area contributed by atoms with Crippen molar-refractivity contribution in [3.05, 3.63) is 29.8 Å². The van der Waals surface area contributed by atoms with Crippen LogP contribution in [-0.4, -0.2) is 25.6 Å². The Labute approximate surface area is 167 Å². The fraction of sp³-hybridized carbons (Fsp3) is 0.696. The van der Waals surface area contributed by atoms with Gasteiger partial charge in [0, 0.05) is 0 Å². The predicted octanol–water partition coefficient (Wildman–Crippen LogP) is 6.51. The summed E-state index contributed by atoms with van der Waals surface area (Å²) < 4.78 is 34.8. The van der Waals surface area contributed by atoms with Gasteiger partial charge in [0.05, 0.1) is 12.5 Å². The molecule has 0 unspecified atom stereocenters. The molecule has 0 bridgehead atoms. The minimum Gasteiger partial charge on any atom is -0.494 e. The maximum Gasteiger partial charge on any atom is 0.309 e. The molecule has 0 spiro atoms. The molecule has 28 heavy (non-hydrogen) atoms. The second kappa shape index (κ2) is 12.7. The Morgan fingerprint density at radius 3 is 2.29 bits per heavy atom. The van der Waals surface area contributed by atoms with Crippen molar-refractivity contribution >= 4 is 5.97 Å². The number of benzene rings is 1. The Bertz CT molecular complexity index is 551. The number of hydrogen-bond donors (Lipinski definition) is 0. The summed E-state index contributed by atoms with van der Waals surface area (Å²) >= 11 is 0. The summed E-state index contributed by atoms with van der Waals surface area (Å²) in [5, 5.41) is 0. The number of carbonyl (C=O) groups excluding carboxylic acids is 1. The minimum atomic E-state index is -2.60. The highest BCUT2D eigenvalue weighted by Gasteiger charge is 2.28. The van der Waals surface area contributed by atoms with Gasteiger partial charge in [0.2, 0.25) is 0 Å². The number of rotatable bonds is 12. The molecule has 0 aliphatic heterocycles. The number of ether oxygens (including phenoxy) is 2. The van der Waals surface area contributed by atoms with Gasteiger partial charge in [0.15, 0.2) is 6.61 Å². The number of unbranched alkanes of at least 4 members (excludes halogenated alkanes) is 5. The summed E-state index contributed by atoms with van der Waals surface area (Å²) in [6.07, 6.45) is 8.07. The summed E-state index contributed by atoms with van der Waals surface area (Å²) in [4.78, 5) is 11.8. The van der Waals surface area contributed by atoms with Crippen LogP contribution in [0.15, 0.2) is 24.3 Å². The molecular formula is C23H34F2O3. The van der Waals surface area contributed by atoms with E-state index in [-0.39, 0.29) is 5.92 Å². The molecular weight excluding hydrogens is 362 g/mol. The molecule has 0 N–H and O–H groups in total. The number of hydrogen-bond acceptors (Lipinski definition) is 3. The van der Waals surface area contributed by atoms with Crippen molar-refractivity contribution in [1.82, 2.24) is 0 Å². The summed E-state index contributed by atoms with van der Waals surface area (Å²) in [7, 11) is 0. The summed E-state index contributed by atoms with van der Waals surface area (Å²) in [5.74, 6) is 0.598. The van der Waals surface area contributed by atoms with Crippen LogP contribution in [0.3, 0.4) is 0 Å². The van der Waals surface area contributed by atoms with Gasteiger partial charge in [-0.15, -0.1) is 0 Å². The Kier molecular flexibility index (Phi) is 10.3. The minimum absolute atomic E-state index is 0.241. The summed E-state index contributed by atoms with van der Waals surface area (Å²) in [6.45, 7) is 2.19. The lowest BCUT2D eigenvalue weighted by atomic mass is 9.79. The number of halogens is 2. The van der Waals surface area contributed by atoms with Crippen molar-refractivity contribution < 1.29 is 23.0 Å². The number of esters is 1. The third kappa shape index (κ3) is 8.15. The second-order valence-corrected chi connectivity index (χ2v) is 7.75. The number of carbonyl (C=O) groups is 1. The molecule has 0 atom stereocenters. The van der Waals surface area contributed by atoms with Crippen LogP contribution in [0.4, 0.5) is 8.78 Å². The van der Waals surface area contributed by atoms with Crippen LogP contribution in [0.2, 0.25) is 0 Å². The maximum atomic E-state index is 12.2. The van der Waals surface area contributed by atoms with Crippen LogP contribution >= 0.6 is 0 Å². The van der Waals surface area contributed by atoms with E-state index in [4.69, 9.17) is 4.74 Å². The third-order valence-corrected chi connectivity index (χ3v) is 5.53. The Morgan fingerprint density at radius 2 is 1.64 bits per heavy atom. The fourth-order valence-corrected chi connectivity index (χ4v) is 3.83. The van der Waals surface area contributed by atoms with E-state index in [9.17, 15) is 13.6 Å². The van der Waals surface area contributed by atoms with Crippen LogP contribution in [0.1, 0.15) is 82.6 Å². The summed E-state index contributed by atoms with van der Waals surface area (Å²) in [5.41, 5.74) is 1.26. The topological polar surface area (TPSA) is 35.5 Å². The van der Waals surface area contributed by atoms with Gasteiger partial charge in [-0.1, -0.05) is 51.2 Å². The zero-order chi connectivity index (χ0) is 20.2. The summed E-state index contributed by atoms with van der Waals surface area (Å²) in [6, 6.07) is 8.26. The first-order valence-corrected chi connectivity index (χ1v) is 10.8. The van der Waals surface area contributed by atoms with Gasteiger partial charge in [-0.3, -0.25) is 4.79 Å². The molecule has 3 nitrogen and oxygen atoms in total. The van der Waals surface area contributed by atoms with Gasteiger partial charge in [0.25, 0.3) is 6.43 Å². The second-order valence-electron chi connectivity index (χ2n) is 7.75. The van der Waals surface area contributed by atoms with Crippen LogP contribution in [-0.2, 0) is 9.53 Å². The van der Waals surface area contributed by atoms with E-state index in [0.717, 1.165) is 31.6 Å². The van der Waals surface area contributed by atoms with E-state index in [1.807, 2.05) is 12.1 Å². The zero-order valence-corrected chi connectivity index (χ0v) is 17.0. The smallest absolute Gasteiger partial charge is 0.309 e. The first-order valence-electron chi connectivity index (χ1n) is 10.8. The van der Waals surface area contributed by atoms with Gasteiger partial charge in [-0.05, 0) is 55.7 Å².